The molecule has 0 unspecified atom stereocenters. The summed E-state index contributed by atoms with van der Waals surface area (Å²) in [7, 11) is 0. The predicted molar refractivity (Wildman–Crippen MR) is 121 cm³/mol. The van der Waals surface area contributed by atoms with Crippen molar-refractivity contribution in [1.82, 2.24) is 15.3 Å². The number of fused-ring (bicyclic) bond motifs is 2. The number of rotatable bonds is 3. The minimum absolute atomic E-state index is 0.144. The Morgan fingerprint density at radius 1 is 1.06 bits per heavy atom. The van der Waals surface area contributed by atoms with Gasteiger partial charge >= 0.3 is 0 Å². The molecule has 0 saturated carbocycles. The Balaban J connectivity index is 1.29. The quantitative estimate of drug-likeness (QED) is 0.399. The Bertz CT molecular complexity index is 1340. The number of benzene rings is 2. The first-order valence-electron chi connectivity index (χ1n) is 9.09. The fraction of sp³-hybridized carbons (Fsp3) is 0.0476. The van der Waals surface area contributed by atoms with Crippen LogP contribution in [0.25, 0.3) is 22.6 Å². The zero-order valence-electron chi connectivity index (χ0n) is 15.7. The monoisotopic (exact) mass is 496 g/mol. The number of nitrogens with zero attached hydrogens (tertiary/aromatic N) is 2. The van der Waals surface area contributed by atoms with Crippen LogP contribution in [0.2, 0.25) is 0 Å². The van der Waals surface area contributed by atoms with Gasteiger partial charge in [0.1, 0.15) is 5.52 Å². The first-order valence-corrected chi connectivity index (χ1v) is 10.3. The van der Waals surface area contributed by atoms with E-state index in [1.165, 1.54) is 0 Å². The molecule has 8 nitrogen and oxygen atoms in total. The second-order valence-corrected chi connectivity index (χ2v) is 7.89. The van der Waals surface area contributed by atoms with E-state index in [0.717, 1.165) is 10.0 Å². The van der Waals surface area contributed by atoms with Gasteiger partial charge in [0.2, 0.25) is 12.7 Å². The Hall–Kier alpha value is -3.50. The number of carbonyl (C=O) groups excluding carboxylic acids is 1. The molecule has 1 amide bonds. The first kappa shape index (κ1) is 19.5. The number of thiocarbonyl (C=S) groups is 1. The second-order valence-electron chi connectivity index (χ2n) is 6.57. The Morgan fingerprint density at radius 2 is 1.94 bits per heavy atom. The van der Waals surface area contributed by atoms with Gasteiger partial charge in [-0.1, -0.05) is 0 Å². The van der Waals surface area contributed by atoms with E-state index in [9.17, 15) is 4.79 Å². The smallest absolute Gasteiger partial charge is 0.257 e. The van der Waals surface area contributed by atoms with Crippen LogP contribution in [0.3, 0.4) is 0 Å². The summed E-state index contributed by atoms with van der Waals surface area (Å²) in [6.45, 7) is 0.144. The molecule has 5 rings (SSSR count). The lowest BCUT2D eigenvalue weighted by Crippen LogP contribution is -2.34. The lowest BCUT2D eigenvalue weighted by atomic mass is 10.2. The summed E-state index contributed by atoms with van der Waals surface area (Å²) < 4.78 is 17.2. The molecule has 2 aromatic carbocycles. The van der Waals surface area contributed by atoms with Crippen LogP contribution in [-0.2, 0) is 0 Å². The summed E-state index contributed by atoms with van der Waals surface area (Å²) in [4.78, 5) is 21.1. The number of pyridine rings is 1. The summed E-state index contributed by atoms with van der Waals surface area (Å²) in [5.41, 5.74) is 3.09. The molecule has 154 valence electrons. The van der Waals surface area contributed by atoms with Crippen LogP contribution in [0.5, 0.6) is 11.5 Å². The van der Waals surface area contributed by atoms with Gasteiger partial charge in [0.15, 0.2) is 22.2 Å². The summed E-state index contributed by atoms with van der Waals surface area (Å²) in [6, 6.07) is 12.2. The van der Waals surface area contributed by atoms with Crippen molar-refractivity contribution in [3.63, 3.8) is 0 Å². The second kappa shape index (κ2) is 7.97. The third kappa shape index (κ3) is 4.07. The summed E-state index contributed by atoms with van der Waals surface area (Å²) in [6.07, 6.45) is 3.36. The van der Waals surface area contributed by atoms with E-state index < -0.39 is 0 Å². The van der Waals surface area contributed by atoms with Crippen molar-refractivity contribution in [2.75, 3.05) is 12.1 Å². The third-order valence-corrected chi connectivity index (χ3v) is 5.10. The minimum Gasteiger partial charge on any atom is -0.454 e. The van der Waals surface area contributed by atoms with Gasteiger partial charge in [-0.15, -0.1) is 0 Å². The highest BCUT2D eigenvalue weighted by atomic mass is 79.9. The number of amides is 1. The number of ether oxygens (including phenoxy) is 2. The van der Waals surface area contributed by atoms with E-state index in [4.69, 9.17) is 26.1 Å². The molecule has 0 spiro atoms. The Kier molecular flexibility index (Phi) is 5.00. The van der Waals surface area contributed by atoms with E-state index >= 15 is 0 Å². The van der Waals surface area contributed by atoms with Crippen molar-refractivity contribution in [3.8, 4) is 23.0 Å². The molecule has 1 aliphatic rings. The minimum atomic E-state index is -0.359. The number of hydrogen-bond donors (Lipinski definition) is 2. The average Bonchev–Trinajstić information content (AvgIpc) is 3.39. The zero-order valence-corrected chi connectivity index (χ0v) is 18.1. The van der Waals surface area contributed by atoms with Gasteiger partial charge in [-0.3, -0.25) is 15.1 Å². The first-order chi connectivity index (χ1) is 15.0. The Morgan fingerprint density at radius 3 is 2.81 bits per heavy atom. The highest BCUT2D eigenvalue weighted by Crippen LogP contribution is 2.32. The van der Waals surface area contributed by atoms with Crippen LogP contribution in [0.1, 0.15) is 10.4 Å². The van der Waals surface area contributed by atoms with Crippen molar-refractivity contribution < 1.29 is 18.7 Å². The summed E-state index contributed by atoms with van der Waals surface area (Å²) in [5.74, 6) is 1.23. The predicted octanol–water partition coefficient (Wildman–Crippen LogP) is 4.51. The van der Waals surface area contributed by atoms with E-state index in [2.05, 4.69) is 36.5 Å². The van der Waals surface area contributed by atoms with Crippen LogP contribution in [0.4, 0.5) is 5.69 Å². The van der Waals surface area contributed by atoms with Crippen LogP contribution in [0.15, 0.2) is 63.7 Å². The van der Waals surface area contributed by atoms with Crippen molar-refractivity contribution >= 4 is 56.0 Å². The third-order valence-electron chi connectivity index (χ3n) is 4.46. The molecular formula is C21H13BrN4O4S. The van der Waals surface area contributed by atoms with Gasteiger partial charge in [-0.25, -0.2) is 4.98 Å². The summed E-state index contributed by atoms with van der Waals surface area (Å²) in [5, 5.41) is 5.79. The van der Waals surface area contributed by atoms with E-state index in [-0.39, 0.29) is 17.8 Å². The molecule has 2 aromatic heterocycles. The topological polar surface area (TPSA) is 98.5 Å². The average molecular weight is 497 g/mol. The molecule has 0 radical (unpaired) electrons. The molecule has 0 atom stereocenters. The van der Waals surface area contributed by atoms with Crippen LogP contribution in [-0.4, -0.2) is 27.8 Å². The lowest BCUT2D eigenvalue weighted by Gasteiger charge is -2.09. The highest BCUT2D eigenvalue weighted by Gasteiger charge is 2.17. The normalized spacial score (nSPS) is 12.0. The van der Waals surface area contributed by atoms with E-state index in [0.29, 0.717) is 39.7 Å². The fourth-order valence-electron chi connectivity index (χ4n) is 3.03. The molecule has 4 aromatic rings. The number of carbonyl (C=O) groups is 1. The van der Waals surface area contributed by atoms with Gasteiger partial charge < -0.3 is 19.2 Å². The molecule has 3 heterocycles. The van der Waals surface area contributed by atoms with Gasteiger partial charge in [0, 0.05) is 28.1 Å². The number of aromatic nitrogens is 2. The SMILES string of the molecule is O=C(NC(=S)Nc1ccc2oc(-c3cncc(Br)c3)nc2c1)c1ccc2c(c1)OCO2. The van der Waals surface area contributed by atoms with Crippen LogP contribution >= 0.6 is 28.1 Å². The fourth-order valence-corrected chi connectivity index (χ4v) is 3.61. The maximum Gasteiger partial charge on any atom is 0.257 e. The molecule has 0 bridgehead atoms. The molecular weight excluding hydrogens is 484 g/mol. The number of anilines is 1. The molecule has 0 fully saturated rings. The molecule has 2 N–H and O–H groups in total. The molecule has 10 heteroatoms. The van der Waals surface area contributed by atoms with Crippen molar-refractivity contribution in [2.24, 2.45) is 0 Å². The standard InChI is InChI=1S/C21H13BrN4O4S/c22-13-5-12(8-23-9-13)20-25-15-7-14(2-4-16(15)30-20)24-21(31)26-19(27)11-1-3-17-18(6-11)29-10-28-17/h1-9H,10H2,(H2,24,26,27,31). The van der Waals surface area contributed by atoms with Gasteiger partial charge in [0.25, 0.3) is 5.91 Å². The molecule has 31 heavy (non-hydrogen) atoms. The highest BCUT2D eigenvalue weighted by molar-refractivity contribution is 9.10. The van der Waals surface area contributed by atoms with Crippen molar-refractivity contribution in [3.05, 3.63) is 64.9 Å². The molecule has 0 saturated heterocycles. The molecule has 1 aliphatic heterocycles. The summed E-state index contributed by atoms with van der Waals surface area (Å²) >= 11 is 8.66. The maximum atomic E-state index is 12.5. The molecule has 0 aliphatic carbocycles. The largest absolute Gasteiger partial charge is 0.454 e. The number of halogens is 1. The zero-order chi connectivity index (χ0) is 21.4. The van der Waals surface area contributed by atoms with E-state index in [1.807, 2.05) is 6.07 Å². The van der Waals surface area contributed by atoms with Gasteiger partial charge in [-0.05, 0) is 70.6 Å². The van der Waals surface area contributed by atoms with E-state index in [1.54, 1.807) is 48.8 Å². The number of hydrogen-bond acceptors (Lipinski definition) is 7. The maximum absolute atomic E-state index is 12.5. The number of nitrogens with one attached hydrogen (secondary N) is 2. The van der Waals surface area contributed by atoms with Gasteiger partial charge in [-0.2, -0.15) is 0 Å². The number of oxazole rings is 1. The van der Waals surface area contributed by atoms with Crippen molar-refractivity contribution in [1.29, 1.82) is 0 Å². The van der Waals surface area contributed by atoms with Crippen LogP contribution in [0, 0.1) is 0 Å². The lowest BCUT2D eigenvalue weighted by molar-refractivity contribution is 0.0977. The van der Waals surface area contributed by atoms with Crippen molar-refractivity contribution in [2.45, 2.75) is 0 Å². The van der Waals surface area contributed by atoms with Crippen LogP contribution < -0.4 is 20.1 Å². The Labute approximate surface area is 189 Å². The van der Waals surface area contributed by atoms with Gasteiger partial charge in [0.05, 0.1) is 5.56 Å².